The Morgan fingerprint density at radius 3 is 2.68 bits per heavy atom. The average Bonchev–Trinajstić information content (AvgIpc) is 2.86. The van der Waals surface area contributed by atoms with E-state index >= 15 is 0 Å². The highest BCUT2D eigenvalue weighted by molar-refractivity contribution is 9.10. The van der Waals surface area contributed by atoms with Crippen molar-refractivity contribution in [2.24, 2.45) is 5.41 Å². The molecular formula is C14H16BrClFNO. The van der Waals surface area contributed by atoms with Crippen molar-refractivity contribution in [1.29, 1.82) is 0 Å². The molecular weight excluding hydrogens is 333 g/mol. The summed E-state index contributed by atoms with van der Waals surface area (Å²) in [7, 11) is 0. The Hall–Kier alpha value is -0.610. The fraction of sp³-hybridized carbons (Fsp3) is 0.500. The second-order valence-electron chi connectivity index (χ2n) is 5.12. The van der Waals surface area contributed by atoms with Crippen molar-refractivity contribution < 1.29 is 9.18 Å². The molecule has 0 atom stereocenters. The standard InChI is InChI=1S/C14H16BrClFNO/c15-10-4-3-5-11(17)12(10)13(19)18-9-14(8-16)6-1-2-7-14/h3-5H,1-2,6-9H2,(H,18,19). The number of benzene rings is 1. The maximum atomic E-state index is 13.7. The number of alkyl halides is 1. The average molecular weight is 349 g/mol. The molecule has 0 aromatic heterocycles. The molecule has 0 aliphatic heterocycles. The molecule has 2 nitrogen and oxygen atoms in total. The predicted octanol–water partition coefficient (Wildman–Crippen LogP) is 4.12. The fourth-order valence-corrected chi connectivity index (χ4v) is 3.44. The summed E-state index contributed by atoms with van der Waals surface area (Å²) in [5.74, 6) is -0.370. The molecule has 104 valence electrons. The first kappa shape index (κ1) is 14.8. The zero-order chi connectivity index (χ0) is 13.9. The van der Waals surface area contributed by atoms with Gasteiger partial charge in [0.05, 0.1) is 5.56 Å². The summed E-state index contributed by atoms with van der Waals surface area (Å²) in [4.78, 5) is 12.1. The van der Waals surface area contributed by atoms with Crippen LogP contribution in [0.3, 0.4) is 0 Å². The van der Waals surface area contributed by atoms with E-state index in [1.54, 1.807) is 12.1 Å². The van der Waals surface area contributed by atoms with Gasteiger partial charge in [0.25, 0.3) is 5.91 Å². The van der Waals surface area contributed by atoms with Crippen LogP contribution in [0.1, 0.15) is 36.0 Å². The van der Waals surface area contributed by atoms with Gasteiger partial charge in [-0.3, -0.25) is 4.79 Å². The normalized spacial score (nSPS) is 17.4. The maximum Gasteiger partial charge on any atom is 0.255 e. The summed E-state index contributed by atoms with van der Waals surface area (Å²) < 4.78 is 14.1. The Kier molecular flexibility index (Phi) is 4.85. The molecule has 5 heteroatoms. The molecule has 1 aliphatic carbocycles. The topological polar surface area (TPSA) is 29.1 Å². The van der Waals surface area contributed by atoms with Crippen LogP contribution in [0.4, 0.5) is 4.39 Å². The van der Waals surface area contributed by atoms with Crippen molar-refractivity contribution in [3.63, 3.8) is 0 Å². The van der Waals surface area contributed by atoms with Crippen LogP contribution in [0.25, 0.3) is 0 Å². The first-order valence-corrected chi connectivity index (χ1v) is 7.69. The lowest BCUT2D eigenvalue weighted by molar-refractivity contribution is 0.0930. The second kappa shape index (κ2) is 6.23. The molecule has 0 bridgehead atoms. The Balaban J connectivity index is 2.05. The van der Waals surface area contributed by atoms with E-state index in [4.69, 9.17) is 11.6 Å². The molecule has 1 fully saturated rings. The van der Waals surface area contributed by atoms with E-state index in [0.717, 1.165) is 25.7 Å². The molecule has 0 saturated heterocycles. The van der Waals surface area contributed by atoms with Gasteiger partial charge in [-0.1, -0.05) is 18.9 Å². The molecule has 0 unspecified atom stereocenters. The SMILES string of the molecule is O=C(NCC1(CCl)CCCC1)c1c(F)cccc1Br. The molecule has 1 amide bonds. The summed E-state index contributed by atoms with van der Waals surface area (Å²) >= 11 is 9.23. The van der Waals surface area contributed by atoms with Crippen molar-refractivity contribution in [3.05, 3.63) is 34.1 Å². The Labute approximate surface area is 125 Å². The molecule has 1 saturated carbocycles. The fourth-order valence-electron chi connectivity index (χ4n) is 2.55. The van der Waals surface area contributed by atoms with E-state index in [9.17, 15) is 9.18 Å². The van der Waals surface area contributed by atoms with Crippen LogP contribution in [-0.2, 0) is 0 Å². The molecule has 1 aliphatic rings. The lowest BCUT2D eigenvalue weighted by Gasteiger charge is -2.26. The first-order valence-electron chi connectivity index (χ1n) is 6.36. The summed E-state index contributed by atoms with van der Waals surface area (Å²) in [6, 6.07) is 4.50. The van der Waals surface area contributed by atoms with Gasteiger partial charge < -0.3 is 5.32 Å². The number of amides is 1. The number of carbonyl (C=O) groups excluding carboxylic acids is 1. The predicted molar refractivity (Wildman–Crippen MR) is 78.1 cm³/mol. The van der Waals surface area contributed by atoms with Crippen LogP contribution in [0.5, 0.6) is 0 Å². The third-order valence-corrected chi connectivity index (χ3v) is 4.99. The monoisotopic (exact) mass is 347 g/mol. The van der Waals surface area contributed by atoms with Crippen LogP contribution in [-0.4, -0.2) is 18.3 Å². The van der Waals surface area contributed by atoms with Crippen molar-refractivity contribution in [3.8, 4) is 0 Å². The van der Waals surface area contributed by atoms with Gasteiger partial charge in [-0.05, 0) is 40.9 Å². The molecule has 1 aromatic carbocycles. The van der Waals surface area contributed by atoms with Gasteiger partial charge >= 0.3 is 0 Å². The van der Waals surface area contributed by atoms with Crippen LogP contribution in [0.2, 0.25) is 0 Å². The van der Waals surface area contributed by atoms with Crippen LogP contribution < -0.4 is 5.32 Å². The molecule has 0 spiro atoms. The van der Waals surface area contributed by atoms with E-state index in [2.05, 4.69) is 21.2 Å². The van der Waals surface area contributed by atoms with Gasteiger partial charge in [0.1, 0.15) is 5.82 Å². The van der Waals surface area contributed by atoms with Crippen LogP contribution in [0.15, 0.2) is 22.7 Å². The lowest BCUT2D eigenvalue weighted by atomic mass is 9.88. The first-order chi connectivity index (χ1) is 9.08. The number of halogens is 3. The minimum absolute atomic E-state index is 0.0189. The largest absolute Gasteiger partial charge is 0.351 e. The van der Waals surface area contributed by atoms with E-state index in [1.165, 1.54) is 6.07 Å². The summed E-state index contributed by atoms with van der Waals surface area (Å²) in [6.45, 7) is 0.510. The minimum atomic E-state index is -0.516. The Bertz CT molecular complexity index is 454. The van der Waals surface area contributed by atoms with Crippen LogP contribution >= 0.6 is 27.5 Å². The summed E-state index contributed by atoms with van der Waals surface area (Å²) in [5.41, 5.74) is 0.0415. The third kappa shape index (κ3) is 3.29. The van der Waals surface area contributed by atoms with Crippen molar-refractivity contribution >= 4 is 33.4 Å². The number of carbonyl (C=O) groups is 1. The Morgan fingerprint density at radius 1 is 1.42 bits per heavy atom. The van der Waals surface area contributed by atoms with E-state index < -0.39 is 5.82 Å². The molecule has 0 radical (unpaired) electrons. The van der Waals surface area contributed by atoms with Gasteiger partial charge in [-0.2, -0.15) is 0 Å². The van der Waals surface area contributed by atoms with E-state index in [0.29, 0.717) is 16.9 Å². The second-order valence-corrected chi connectivity index (χ2v) is 6.24. The number of nitrogens with one attached hydrogen (secondary N) is 1. The molecule has 1 N–H and O–H groups in total. The number of rotatable bonds is 4. The lowest BCUT2D eigenvalue weighted by Crippen LogP contribution is -2.37. The molecule has 1 aromatic rings. The number of hydrogen-bond acceptors (Lipinski definition) is 1. The highest BCUT2D eigenvalue weighted by Gasteiger charge is 2.33. The van der Waals surface area contributed by atoms with Crippen molar-refractivity contribution in [2.75, 3.05) is 12.4 Å². The quantitative estimate of drug-likeness (QED) is 0.815. The molecule has 0 heterocycles. The summed E-state index contributed by atoms with van der Waals surface area (Å²) in [5, 5.41) is 2.82. The minimum Gasteiger partial charge on any atom is -0.351 e. The maximum absolute atomic E-state index is 13.7. The zero-order valence-electron chi connectivity index (χ0n) is 10.5. The van der Waals surface area contributed by atoms with Gasteiger partial charge in [0.15, 0.2) is 0 Å². The molecule has 2 rings (SSSR count). The number of hydrogen-bond donors (Lipinski definition) is 1. The third-order valence-electron chi connectivity index (χ3n) is 3.76. The Morgan fingerprint density at radius 2 is 2.11 bits per heavy atom. The van der Waals surface area contributed by atoms with Crippen LogP contribution in [0, 0.1) is 11.2 Å². The van der Waals surface area contributed by atoms with Gasteiger partial charge in [0, 0.05) is 22.3 Å². The van der Waals surface area contributed by atoms with Gasteiger partial charge in [-0.25, -0.2) is 4.39 Å². The van der Waals surface area contributed by atoms with Crippen molar-refractivity contribution in [1.82, 2.24) is 5.32 Å². The van der Waals surface area contributed by atoms with Gasteiger partial charge in [-0.15, -0.1) is 11.6 Å². The van der Waals surface area contributed by atoms with E-state index in [1.807, 2.05) is 0 Å². The summed E-state index contributed by atoms with van der Waals surface area (Å²) in [6.07, 6.45) is 4.34. The highest BCUT2D eigenvalue weighted by atomic mass is 79.9. The van der Waals surface area contributed by atoms with Gasteiger partial charge in [0.2, 0.25) is 0 Å². The highest BCUT2D eigenvalue weighted by Crippen LogP contribution is 2.38. The molecule has 19 heavy (non-hydrogen) atoms. The zero-order valence-corrected chi connectivity index (χ0v) is 12.9. The smallest absolute Gasteiger partial charge is 0.255 e. The van der Waals surface area contributed by atoms with Crippen molar-refractivity contribution in [2.45, 2.75) is 25.7 Å². The van der Waals surface area contributed by atoms with E-state index in [-0.39, 0.29) is 16.9 Å².